The number of rotatable bonds is 6. The summed E-state index contributed by atoms with van der Waals surface area (Å²) < 4.78 is 5.23. The molecular formula is C19H29N3O3. The van der Waals surface area contributed by atoms with E-state index in [1.807, 2.05) is 13.8 Å². The van der Waals surface area contributed by atoms with Gasteiger partial charge in [-0.15, -0.1) is 0 Å². The normalized spacial score (nSPS) is 21.5. The van der Waals surface area contributed by atoms with Crippen molar-refractivity contribution in [2.75, 3.05) is 13.7 Å². The van der Waals surface area contributed by atoms with Gasteiger partial charge in [0.2, 0.25) is 5.91 Å². The highest BCUT2D eigenvalue weighted by Crippen LogP contribution is 2.18. The van der Waals surface area contributed by atoms with Gasteiger partial charge < -0.3 is 20.7 Å². The summed E-state index contributed by atoms with van der Waals surface area (Å²) >= 11 is 0. The third-order valence-corrected chi connectivity index (χ3v) is 4.68. The van der Waals surface area contributed by atoms with Crippen molar-refractivity contribution < 1.29 is 14.3 Å². The Balaban J connectivity index is 2.07. The molecule has 25 heavy (non-hydrogen) atoms. The number of carbonyl (C=O) groups excluding carboxylic acids is 2. The first-order valence-corrected chi connectivity index (χ1v) is 8.91. The lowest BCUT2D eigenvalue weighted by molar-refractivity contribution is -0.125. The van der Waals surface area contributed by atoms with Crippen LogP contribution in [0.5, 0.6) is 5.75 Å². The average Bonchev–Trinajstić information content (AvgIpc) is 2.60. The van der Waals surface area contributed by atoms with Crippen molar-refractivity contribution in [2.24, 2.45) is 5.92 Å². The van der Waals surface area contributed by atoms with Crippen LogP contribution in [-0.2, 0) is 4.79 Å². The van der Waals surface area contributed by atoms with Crippen LogP contribution in [0.1, 0.15) is 44.0 Å². The van der Waals surface area contributed by atoms with Crippen LogP contribution < -0.4 is 20.7 Å². The minimum absolute atomic E-state index is 0.0227. The second-order valence-corrected chi connectivity index (χ2v) is 6.90. The van der Waals surface area contributed by atoms with E-state index >= 15 is 0 Å². The Bertz CT molecular complexity index is 603. The van der Waals surface area contributed by atoms with Crippen molar-refractivity contribution in [1.29, 1.82) is 0 Å². The number of hydrogen-bond acceptors (Lipinski definition) is 4. The third-order valence-electron chi connectivity index (χ3n) is 4.68. The number of benzene rings is 1. The summed E-state index contributed by atoms with van der Waals surface area (Å²) in [6.45, 7) is 6.90. The van der Waals surface area contributed by atoms with Crippen LogP contribution in [0.3, 0.4) is 0 Å². The van der Waals surface area contributed by atoms with Gasteiger partial charge in [0.1, 0.15) is 11.8 Å². The summed E-state index contributed by atoms with van der Waals surface area (Å²) in [5.74, 6) is 0.0263. The molecule has 1 aromatic rings. The molecule has 0 aliphatic carbocycles. The molecule has 138 valence electrons. The molecule has 6 heteroatoms. The number of carbonyl (C=O) groups is 2. The number of ether oxygens (including phenoxy) is 1. The molecule has 3 atom stereocenters. The van der Waals surface area contributed by atoms with Gasteiger partial charge in [0.05, 0.1) is 12.7 Å². The number of piperidine rings is 1. The Hall–Kier alpha value is -2.08. The van der Waals surface area contributed by atoms with E-state index in [9.17, 15) is 9.59 Å². The Morgan fingerprint density at radius 2 is 2.00 bits per heavy atom. The highest BCUT2D eigenvalue weighted by Gasteiger charge is 2.29. The lowest BCUT2D eigenvalue weighted by Crippen LogP contribution is -2.57. The molecule has 1 aliphatic heterocycles. The molecule has 6 nitrogen and oxygen atoms in total. The fourth-order valence-corrected chi connectivity index (χ4v) is 3.10. The molecule has 0 radical (unpaired) electrons. The SMILES string of the molecule is COc1ccccc1C(=O)NC(C(=O)NC1CCCNC1C)C(C)C. The molecule has 2 rings (SSSR count). The van der Waals surface area contributed by atoms with Gasteiger partial charge in [-0.3, -0.25) is 9.59 Å². The van der Waals surface area contributed by atoms with Crippen molar-refractivity contribution in [3.63, 3.8) is 0 Å². The topological polar surface area (TPSA) is 79.5 Å². The van der Waals surface area contributed by atoms with E-state index < -0.39 is 6.04 Å². The van der Waals surface area contributed by atoms with Crippen LogP contribution in [0, 0.1) is 5.92 Å². The zero-order chi connectivity index (χ0) is 18.4. The summed E-state index contributed by atoms with van der Waals surface area (Å²) in [6, 6.07) is 6.73. The quantitative estimate of drug-likeness (QED) is 0.732. The van der Waals surface area contributed by atoms with Gasteiger partial charge in [-0.05, 0) is 44.4 Å². The van der Waals surface area contributed by atoms with Crippen LogP contribution in [0.25, 0.3) is 0 Å². The first-order chi connectivity index (χ1) is 11.9. The number of methoxy groups -OCH3 is 1. The van der Waals surface area contributed by atoms with Crippen molar-refractivity contribution >= 4 is 11.8 Å². The first kappa shape index (κ1) is 19.2. The number of amides is 2. The van der Waals surface area contributed by atoms with Crippen LogP contribution in [0.4, 0.5) is 0 Å². The third kappa shape index (κ3) is 4.95. The number of para-hydroxylation sites is 1. The summed E-state index contributed by atoms with van der Waals surface area (Å²) in [5.41, 5.74) is 0.427. The van der Waals surface area contributed by atoms with Crippen molar-refractivity contribution in [3.8, 4) is 5.75 Å². The summed E-state index contributed by atoms with van der Waals surface area (Å²) in [7, 11) is 1.52. The van der Waals surface area contributed by atoms with Crippen molar-refractivity contribution in [2.45, 2.75) is 51.7 Å². The van der Waals surface area contributed by atoms with Crippen LogP contribution in [0.15, 0.2) is 24.3 Å². The molecule has 1 aromatic carbocycles. The lowest BCUT2D eigenvalue weighted by Gasteiger charge is -2.32. The lowest BCUT2D eigenvalue weighted by atomic mass is 9.97. The van der Waals surface area contributed by atoms with Crippen LogP contribution >= 0.6 is 0 Å². The number of hydrogen-bond donors (Lipinski definition) is 3. The van der Waals surface area contributed by atoms with Gasteiger partial charge in [0.15, 0.2) is 0 Å². The first-order valence-electron chi connectivity index (χ1n) is 8.91. The number of nitrogens with one attached hydrogen (secondary N) is 3. The molecule has 0 bridgehead atoms. The zero-order valence-corrected chi connectivity index (χ0v) is 15.5. The minimum atomic E-state index is -0.591. The molecule has 1 saturated heterocycles. The molecule has 1 aliphatic rings. The smallest absolute Gasteiger partial charge is 0.255 e. The van der Waals surface area contributed by atoms with E-state index in [0.29, 0.717) is 11.3 Å². The second kappa shape index (κ2) is 8.85. The highest BCUT2D eigenvalue weighted by molar-refractivity contribution is 5.99. The maximum Gasteiger partial charge on any atom is 0.255 e. The van der Waals surface area contributed by atoms with Crippen molar-refractivity contribution in [3.05, 3.63) is 29.8 Å². The monoisotopic (exact) mass is 347 g/mol. The molecule has 0 saturated carbocycles. The van der Waals surface area contributed by atoms with Gasteiger partial charge in [-0.1, -0.05) is 26.0 Å². The van der Waals surface area contributed by atoms with Gasteiger partial charge in [0, 0.05) is 12.1 Å². The maximum absolute atomic E-state index is 12.7. The molecule has 3 unspecified atom stereocenters. The molecule has 3 N–H and O–H groups in total. The van der Waals surface area contributed by atoms with Crippen LogP contribution in [0.2, 0.25) is 0 Å². The molecule has 0 spiro atoms. The van der Waals surface area contributed by atoms with E-state index in [4.69, 9.17) is 4.74 Å². The Labute approximate surface area is 149 Å². The zero-order valence-electron chi connectivity index (χ0n) is 15.5. The van der Waals surface area contributed by atoms with E-state index in [0.717, 1.165) is 19.4 Å². The standard InChI is InChI=1S/C19H29N3O3/c1-12(2)17(19(24)21-15-9-7-11-20-13(15)3)22-18(23)14-8-5-6-10-16(14)25-4/h5-6,8,10,12-13,15,17,20H,7,9,11H2,1-4H3,(H,21,24)(H,22,23). The van der Waals surface area contributed by atoms with E-state index in [1.54, 1.807) is 24.3 Å². The Morgan fingerprint density at radius 1 is 1.28 bits per heavy atom. The fraction of sp³-hybridized carbons (Fsp3) is 0.579. The average molecular weight is 347 g/mol. The molecule has 2 amide bonds. The van der Waals surface area contributed by atoms with E-state index in [1.165, 1.54) is 7.11 Å². The summed E-state index contributed by atoms with van der Waals surface area (Å²) in [4.78, 5) is 25.4. The maximum atomic E-state index is 12.7. The van der Waals surface area contributed by atoms with Gasteiger partial charge in [-0.2, -0.15) is 0 Å². The Morgan fingerprint density at radius 3 is 2.64 bits per heavy atom. The molecule has 1 fully saturated rings. The fourth-order valence-electron chi connectivity index (χ4n) is 3.10. The summed E-state index contributed by atoms with van der Waals surface area (Å²) in [6.07, 6.45) is 1.99. The van der Waals surface area contributed by atoms with E-state index in [-0.39, 0.29) is 29.8 Å². The predicted molar refractivity (Wildman–Crippen MR) is 97.7 cm³/mol. The Kier molecular flexibility index (Phi) is 6.82. The second-order valence-electron chi connectivity index (χ2n) is 6.90. The minimum Gasteiger partial charge on any atom is -0.496 e. The molecule has 0 aromatic heterocycles. The summed E-state index contributed by atoms with van der Waals surface area (Å²) in [5, 5.41) is 9.32. The molecule has 1 heterocycles. The van der Waals surface area contributed by atoms with Gasteiger partial charge in [-0.25, -0.2) is 0 Å². The van der Waals surface area contributed by atoms with Crippen molar-refractivity contribution in [1.82, 2.24) is 16.0 Å². The van der Waals surface area contributed by atoms with Gasteiger partial charge >= 0.3 is 0 Å². The van der Waals surface area contributed by atoms with Gasteiger partial charge in [0.25, 0.3) is 5.91 Å². The largest absolute Gasteiger partial charge is 0.496 e. The van der Waals surface area contributed by atoms with Crippen LogP contribution in [-0.4, -0.2) is 43.6 Å². The molecular weight excluding hydrogens is 318 g/mol. The highest BCUT2D eigenvalue weighted by atomic mass is 16.5. The predicted octanol–water partition coefficient (Wildman–Crippen LogP) is 1.71. The van der Waals surface area contributed by atoms with E-state index in [2.05, 4.69) is 22.9 Å².